The van der Waals surface area contributed by atoms with Gasteiger partial charge in [0.05, 0.1) is 6.67 Å². The van der Waals surface area contributed by atoms with Crippen LogP contribution in [0.4, 0.5) is 5.69 Å². The average molecular weight is 397 g/mol. The SMILES string of the molecule is Cc1cc(C)n2c(n1)nc(=S)n2CN1CCC(C(=O)Nc2ccccc2)CC1. The number of rotatable bonds is 4. The molecule has 1 N–H and O–H groups in total. The second-order valence-electron chi connectivity index (χ2n) is 7.33. The fourth-order valence-corrected chi connectivity index (χ4v) is 3.99. The molecular formula is C20H24N6OS. The second-order valence-corrected chi connectivity index (χ2v) is 7.70. The van der Waals surface area contributed by atoms with Crippen molar-refractivity contribution < 1.29 is 4.79 Å². The van der Waals surface area contributed by atoms with E-state index in [4.69, 9.17) is 12.2 Å². The molecule has 1 aliphatic heterocycles. The molecule has 0 radical (unpaired) electrons. The van der Waals surface area contributed by atoms with Crippen molar-refractivity contribution in [1.82, 2.24) is 24.1 Å². The van der Waals surface area contributed by atoms with Crippen LogP contribution in [0.15, 0.2) is 36.4 Å². The highest BCUT2D eigenvalue weighted by atomic mass is 32.1. The number of nitrogens with zero attached hydrogens (tertiary/aromatic N) is 5. The van der Waals surface area contributed by atoms with E-state index in [9.17, 15) is 4.79 Å². The van der Waals surface area contributed by atoms with Crippen LogP contribution in [-0.4, -0.2) is 43.1 Å². The van der Waals surface area contributed by atoms with Gasteiger partial charge in [0.2, 0.25) is 10.7 Å². The monoisotopic (exact) mass is 396 g/mol. The van der Waals surface area contributed by atoms with Crippen molar-refractivity contribution in [3.63, 3.8) is 0 Å². The summed E-state index contributed by atoms with van der Waals surface area (Å²) >= 11 is 5.46. The molecule has 2 aromatic heterocycles. The third kappa shape index (κ3) is 3.83. The number of aryl methyl sites for hydroxylation is 2. The highest BCUT2D eigenvalue weighted by molar-refractivity contribution is 7.71. The van der Waals surface area contributed by atoms with E-state index in [-0.39, 0.29) is 11.8 Å². The van der Waals surface area contributed by atoms with E-state index in [1.54, 1.807) is 0 Å². The van der Waals surface area contributed by atoms with E-state index in [0.29, 0.717) is 17.2 Å². The van der Waals surface area contributed by atoms with Crippen LogP contribution in [0.1, 0.15) is 24.2 Å². The van der Waals surface area contributed by atoms with Gasteiger partial charge < -0.3 is 5.32 Å². The Kier molecular flexibility index (Phi) is 5.23. The van der Waals surface area contributed by atoms with E-state index in [1.165, 1.54) is 0 Å². The van der Waals surface area contributed by atoms with Gasteiger partial charge in [-0.3, -0.25) is 9.69 Å². The highest BCUT2D eigenvalue weighted by Crippen LogP contribution is 2.20. The van der Waals surface area contributed by atoms with Crippen LogP contribution in [0.2, 0.25) is 0 Å². The number of para-hydroxylation sites is 1. The van der Waals surface area contributed by atoms with Crippen molar-refractivity contribution in [3.05, 3.63) is 52.6 Å². The van der Waals surface area contributed by atoms with Crippen LogP contribution in [-0.2, 0) is 11.5 Å². The van der Waals surface area contributed by atoms with Gasteiger partial charge in [-0.15, -0.1) is 0 Å². The molecule has 0 aliphatic carbocycles. The largest absolute Gasteiger partial charge is 0.326 e. The Morgan fingerprint density at radius 2 is 1.89 bits per heavy atom. The van der Waals surface area contributed by atoms with Crippen molar-refractivity contribution in [1.29, 1.82) is 0 Å². The summed E-state index contributed by atoms with van der Waals surface area (Å²) in [5.41, 5.74) is 2.84. The quantitative estimate of drug-likeness (QED) is 0.686. The number of carbonyl (C=O) groups is 1. The first-order valence-corrected chi connectivity index (χ1v) is 9.94. The van der Waals surface area contributed by atoms with Gasteiger partial charge in [0.1, 0.15) is 0 Å². The first kappa shape index (κ1) is 18.8. The number of carbonyl (C=O) groups excluding carboxylic acids is 1. The van der Waals surface area contributed by atoms with E-state index in [0.717, 1.165) is 43.0 Å². The molecule has 0 saturated carbocycles. The van der Waals surface area contributed by atoms with Gasteiger partial charge in [0.15, 0.2) is 0 Å². The van der Waals surface area contributed by atoms with Gasteiger partial charge in [0, 0.05) is 36.1 Å². The number of fused-ring (bicyclic) bond motifs is 1. The first-order chi connectivity index (χ1) is 13.5. The minimum atomic E-state index is 0.0395. The normalized spacial score (nSPS) is 15.8. The lowest BCUT2D eigenvalue weighted by molar-refractivity contribution is -0.121. The number of hydrogen-bond acceptors (Lipinski definition) is 5. The Balaban J connectivity index is 1.41. The van der Waals surface area contributed by atoms with Crippen LogP contribution in [0, 0.1) is 24.5 Å². The van der Waals surface area contributed by atoms with Crippen molar-refractivity contribution in [2.45, 2.75) is 33.4 Å². The number of hydrogen-bond donors (Lipinski definition) is 1. The molecule has 1 amide bonds. The Morgan fingerprint density at radius 3 is 2.61 bits per heavy atom. The molecule has 1 fully saturated rings. The molecule has 7 nitrogen and oxygen atoms in total. The third-order valence-electron chi connectivity index (χ3n) is 5.21. The summed E-state index contributed by atoms with van der Waals surface area (Å²) in [4.78, 5) is 23.7. The molecule has 1 saturated heterocycles. The van der Waals surface area contributed by atoms with Crippen molar-refractivity contribution >= 4 is 29.6 Å². The van der Waals surface area contributed by atoms with Crippen molar-refractivity contribution in [2.24, 2.45) is 5.92 Å². The van der Waals surface area contributed by atoms with Gasteiger partial charge in [-0.05, 0) is 57.1 Å². The summed E-state index contributed by atoms with van der Waals surface area (Å²) < 4.78 is 4.49. The molecule has 4 rings (SSSR count). The summed E-state index contributed by atoms with van der Waals surface area (Å²) in [6.45, 7) is 6.34. The van der Waals surface area contributed by atoms with Gasteiger partial charge in [-0.2, -0.15) is 4.98 Å². The standard InChI is InChI=1S/C20H24N6OS/c1-14-12-15(2)26-19(21-14)23-20(28)25(26)13-24-10-8-16(9-11-24)18(27)22-17-6-4-3-5-7-17/h3-7,12,16H,8-11,13H2,1-2H3,(H,22,27). The number of nitrogens with one attached hydrogen (secondary N) is 1. The number of likely N-dealkylation sites (tertiary alicyclic amines) is 1. The minimum absolute atomic E-state index is 0.0395. The highest BCUT2D eigenvalue weighted by Gasteiger charge is 2.25. The molecule has 146 valence electrons. The van der Waals surface area contributed by atoms with Crippen LogP contribution in [0.5, 0.6) is 0 Å². The van der Waals surface area contributed by atoms with Crippen LogP contribution in [0.3, 0.4) is 0 Å². The summed E-state index contributed by atoms with van der Waals surface area (Å²) in [5.74, 6) is 0.782. The van der Waals surface area contributed by atoms with Gasteiger partial charge in [-0.1, -0.05) is 18.2 Å². The lowest BCUT2D eigenvalue weighted by Crippen LogP contribution is -2.39. The number of benzene rings is 1. The molecule has 3 aromatic rings. The van der Waals surface area contributed by atoms with Gasteiger partial charge >= 0.3 is 0 Å². The first-order valence-electron chi connectivity index (χ1n) is 9.53. The molecule has 3 heterocycles. The zero-order valence-electron chi connectivity index (χ0n) is 16.1. The van der Waals surface area contributed by atoms with Crippen molar-refractivity contribution in [3.8, 4) is 0 Å². The zero-order chi connectivity index (χ0) is 19.7. The van der Waals surface area contributed by atoms with Crippen LogP contribution in [0.25, 0.3) is 5.78 Å². The summed E-state index contributed by atoms with van der Waals surface area (Å²) in [6.07, 6.45) is 1.66. The summed E-state index contributed by atoms with van der Waals surface area (Å²) in [7, 11) is 0. The van der Waals surface area contributed by atoms with Crippen molar-refractivity contribution in [2.75, 3.05) is 18.4 Å². The smallest absolute Gasteiger partial charge is 0.252 e. The Hall–Kier alpha value is -2.58. The molecule has 0 atom stereocenters. The predicted octanol–water partition coefficient (Wildman–Crippen LogP) is 3.19. The van der Waals surface area contributed by atoms with E-state index in [1.807, 2.05) is 59.4 Å². The summed E-state index contributed by atoms with van der Waals surface area (Å²) in [5, 5.41) is 3.02. The maximum Gasteiger partial charge on any atom is 0.252 e. The zero-order valence-corrected chi connectivity index (χ0v) is 16.9. The molecule has 8 heteroatoms. The van der Waals surface area contributed by atoms with E-state index >= 15 is 0 Å². The fraction of sp³-hybridized carbons (Fsp3) is 0.400. The second kappa shape index (κ2) is 7.81. The molecule has 0 spiro atoms. The molecule has 1 aromatic carbocycles. The minimum Gasteiger partial charge on any atom is -0.326 e. The summed E-state index contributed by atoms with van der Waals surface area (Å²) in [6, 6.07) is 11.7. The number of anilines is 1. The fourth-order valence-electron chi connectivity index (χ4n) is 3.77. The van der Waals surface area contributed by atoms with Crippen LogP contribution >= 0.6 is 12.2 Å². The predicted molar refractivity (Wildman–Crippen MR) is 111 cm³/mol. The average Bonchev–Trinajstić information content (AvgIpc) is 2.98. The van der Waals surface area contributed by atoms with Crippen LogP contribution < -0.4 is 5.32 Å². The molecular weight excluding hydrogens is 372 g/mol. The topological polar surface area (TPSA) is 67.5 Å². The van der Waals surface area contributed by atoms with Gasteiger partial charge in [-0.25, -0.2) is 14.2 Å². The number of aromatic nitrogens is 4. The molecule has 1 aliphatic rings. The lowest BCUT2D eigenvalue weighted by atomic mass is 9.96. The third-order valence-corrected chi connectivity index (χ3v) is 5.51. The maximum absolute atomic E-state index is 12.5. The lowest BCUT2D eigenvalue weighted by Gasteiger charge is -2.31. The Morgan fingerprint density at radius 1 is 1.18 bits per heavy atom. The molecule has 0 bridgehead atoms. The van der Waals surface area contributed by atoms with Gasteiger partial charge in [0.25, 0.3) is 5.78 Å². The number of piperidine rings is 1. The van der Waals surface area contributed by atoms with E-state index in [2.05, 4.69) is 20.2 Å². The molecule has 28 heavy (non-hydrogen) atoms. The number of amides is 1. The van der Waals surface area contributed by atoms with E-state index < -0.39 is 0 Å². The maximum atomic E-state index is 12.5. The Labute approximate surface area is 169 Å². The molecule has 0 unspecified atom stereocenters. The Bertz CT molecular complexity index is 1050.